The number of anilines is 4. The van der Waals surface area contributed by atoms with Crippen LogP contribution in [0.1, 0.15) is 119 Å². The van der Waals surface area contributed by atoms with Crippen LogP contribution in [0.5, 0.6) is 23.0 Å². The molecular formula is C70H67N4O2Pt-3. The van der Waals surface area contributed by atoms with Crippen molar-refractivity contribution in [2.24, 2.45) is 0 Å². The Morgan fingerprint density at radius 2 is 1.08 bits per heavy atom. The molecule has 11 rings (SSSR count). The number of ether oxygens (including phenoxy) is 2. The molecule has 0 fully saturated rings. The SMILES string of the molecule is [2H]c1c([2H])c([2H])c(-c2cc(C(C)(C)C)cc(-c3c([2H])c([2H])c([2H])c([2H])c3[2H])c2N2[CH-]N(c3[c-]c(Oc4[c-]c5c(cc4)c4ccccc4n5-c4cc(Oc5c(C(C)(C)C)cc(C(C)(C)C)cc5C(C)(C)C)ccn4)ccc3)c3ccccc32)c([2H])c1[2H].[Pt]. The molecule has 0 saturated carbocycles. The summed E-state index contributed by atoms with van der Waals surface area (Å²) in [7, 11) is 0. The molecule has 0 unspecified atom stereocenters. The maximum absolute atomic E-state index is 9.30. The van der Waals surface area contributed by atoms with Crippen LogP contribution in [0.15, 0.2) is 182 Å². The normalized spacial score (nSPS) is 14.8. The molecule has 8 aromatic carbocycles. The minimum atomic E-state index is -0.639. The largest absolute Gasteiger partial charge is 0.509 e. The van der Waals surface area contributed by atoms with E-state index in [4.69, 9.17) is 22.7 Å². The van der Waals surface area contributed by atoms with Gasteiger partial charge in [-0.1, -0.05) is 191 Å². The molecule has 2 aromatic heterocycles. The van der Waals surface area contributed by atoms with Gasteiger partial charge in [0.25, 0.3) is 0 Å². The molecular weight excluding hydrogens is 1120 g/mol. The molecule has 10 aromatic rings. The van der Waals surface area contributed by atoms with E-state index in [0.29, 0.717) is 45.7 Å². The Bertz CT molecular complexity index is 4240. The first-order valence-electron chi connectivity index (χ1n) is 30.7. The maximum Gasteiger partial charge on any atom is 0.139 e. The number of benzene rings is 8. The standard InChI is InChI=1S/C70H67N4O2.Pt/c1-67(2,3)48-38-56(46-24-15-13-16-25-46)65(57(39-48)47-26-17-14-18-27-47)73-45-72(61-32-21-22-33-62(61)73)50-28-23-29-51(42-50)75-52-34-35-55-54-30-19-20-31-60(54)74(63(55)43-52)64-44-53(36-37-71-64)76-66-58(69(7,8)9)40-49(68(4,5)6)41-59(66)70(10,11)12;/h13-41,44-45H,1-12H3;/q-3;/i13D,14D,15D,16D,17D,18D,24D,25D,26D,27D;. The topological polar surface area (TPSA) is 42.8 Å². The van der Waals surface area contributed by atoms with Crippen molar-refractivity contribution in [3.63, 3.8) is 0 Å². The number of nitrogens with zero attached hydrogens (tertiary/aromatic N) is 4. The summed E-state index contributed by atoms with van der Waals surface area (Å²) in [5.74, 6) is 2.86. The molecule has 0 spiro atoms. The second-order valence-electron chi connectivity index (χ2n) is 23.6. The number of para-hydroxylation sites is 3. The van der Waals surface area contributed by atoms with Gasteiger partial charge in [0, 0.05) is 89.7 Å². The van der Waals surface area contributed by atoms with Crippen molar-refractivity contribution >= 4 is 44.6 Å². The molecule has 1 aliphatic heterocycles. The average molecular weight is 1200 g/mol. The Balaban J connectivity index is 0.00000838. The number of fused-ring (bicyclic) bond motifs is 4. The van der Waals surface area contributed by atoms with E-state index in [0.717, 1.165) is 38.7 Å². The monoisotopic (exact) mass is 1200 g/mol. The van der Waals surface area contributed by atoms with Crippen LogP contribution in [0.3, 0.4) is 0 Å². The van der Waals surface area contributed by atoms with Gasteiger partial charge in [-0.25, -0.2) is 4.98 Å². The van der Waals surface area contributed by atoms with Crippen LogP contribution < -0.4 is 19.3 Å². The quantitative estimate of drug-likeness (QED) is 0.135. The van der Waals surface area contributed by atoms with Crippen molar-refractivity contribution in [3.05, 3.63) is 223 Å². The number of aromatic nitrogens is 2. The van der Waals surface area contributed by atoms with Gasteiger partial charge in [0.1, 0.15) is 17.3 Å². The average Bonchev–Trinajstić information content (AvgIpc) is 1.74. The number of hydrogen-bond donors (Lipinski definition) is 0. The molecule has 0 atom stereocenters. The summed E-state index contributed by atoms with van der Waals surface area (Å²) in [5.41, 5.74) is 6.73. The van der Waals surface area contributed by atoms with E-state index in [-0.39, 0.29) is 65.3 Å². The van der Waals surface area contributed by atoms with Crippen molar-refractivity contribution in [1.82, 2.24) is 9.55 Å². The predicted octanol–water partition coefficient (Wildman–Crippen LogP) is 19.3. The minimum Gasteiger partial charge on any atom is -0.509 e. The van der Waals surface area contributed by atoms with Gasteiger partial charge < -0.3 is 23.8 Å². The predicted molar refractivity (Wildman–Crippen MR) is 316 cm³/mol. The Labute approximate surface area is 484 Å². The van der Waals surface area contributed by atoms with E-state index in [1.165, 1.54) is 5.56 Å². The van der Waals surface area contributed by atoms with Gasteiger partial charge in [-0.15, -0.1) is 48.1 Å². The van der Waals surface area contributed by atoms with Crippen LogP contribution >= 0.6 is 0 Å². The van der Waals surface area contributed by atoms with E-state index >= 15 is 0 Å². The Kier molecular flexibility index (Phi) is 10.9. The van der Waals surface area contributed by atoms with Crippen molar-refractivity contribution in [3.8, 4) is 51.1 Å². The van der Waals surface area contributed by atoms with Gasteiger partial charge in [0.2, 0.25) is 0 Å². The third-order valence-corrected chi connectivity index (χ3v) is 13.9. The van der Waals surface area contributed by atoms with Crippen molar-refractivity contribution in [2.75, 3.05) is 9.80 Å². The number of rotatable bonds is 9. The van der Waals surface area contributed by atoms with Crippen LogP contribution in [0.2, 0.25) is 0 Å². The Morgan fingerprint density at radius 1 is 0.519 bits per heavy atom. The van der Waals surface area contributed by atoms with Crippen LogP contribution in [0.25, 0.3) is 49.9 Å². The Morgan fingerprint density at radius 3 is 1.68 bits per heavy atom. The summed E-state index contributed by atoms with van der Waals surface area (Å²) in [6, 6.07) is 38.9. The van der Waals surface area contributed by atoms with E-state index < -0.39 is 65.8 Å². The number of pyridine rings is 1. The zero-order chi connectivity index (χ0) is 62.0. The molecule has 0 aliphatic carbocycles. The van der Waals surface area contributed by atoms with Gasteiger partial charge in [-0.3, -0.25) is 0 Å². The molecule has 392 valence electrons. The summed E-state index contributed by atoms with van der Waals surface area (Å²) in [6.45, 7) is 27.7. The summed E-state index contributed by atoms with van der Waals surface area (Å²) in [4.78, 5) is 8.59. The van der Waals surface area contributed by atoms with E-state index in [2.05, 4.69) is 103 Å². The van der Waals surface area contributed by atoms with Crippen LogP contribution in [0, 0.1) is 18.8 Å². The molecule has 0 saturated heterocycles. The smallest absolute Gasteiger partial charge is 0.139 e. The van der Waals surface area contributed by atoms with Crippen LogP contribution in [-0.4, -0.2) is 9.55 Å². The molecule has 6 nitrogen and oxygen atoms in total. The first kappa shape index (κ1) is 41.7. The molecule has 1 aliphatic rings. The Hall–Kier alpha value is -7.40. The number of hydrogen-bond acceptors (Lipinski definition) is 5. The van der Waals surface area contributed by atoms with Crippen molar-refractivity contribution < 1.29 is 44.2 Å². The second-order valence-corrected chi connectivity index (χ2v) is 23.6. The minimum absolute atomic E-state index is 0. The van der Waals surface area contributed by atoms with Gasteiger partial charge in [0.05, 0.1) is 13.7 Å². The maximum atomic E-state index is 9.30. The molecule has 0 amide bonds. The van der Waals surface area contributed by atoms with Gasteiger partial charge in [0.15, 0.2) is 0 Å². The first-order chi connectivity index (χ1) is 40.3. The van der Waals surface area contributed by atoms with Crippen LogP contribution in [0.4, 0.5) is 22.7 Å². The summed E-state index contributed by atoms with van der Waals surface area (Å²) in [6.07, 6.45) is 1.77. The second kappa shape index (κ2) is 20.2. The third-order valence-electron chi connectivity index (χ3n) is 13.9. The first-order valence-corrected chi connectivity index (χ1v) is 25.7. The summed E-state index contributed by atoms with van der Waals surface area (Å²) in [5, 5.41) is 1.94. The zero-order valence-corrected chi connectivity index (χ0v) is 47.8. The molecule has 7 heteroatoms. The fourth-order valence-corrected chi connectivity index (χ4v) is 9.87. The fraction of sp³-hybridized carbons (Fsp3) is 0.229. The molecule has 0 radical (unpaired) electrons. The summed E-state index contributed by atoms with van der Waals surface area (Å²) >= 11 is 0. The molecule has 0 bridgehead atoms. The van der Waals surface area contributed by atoms with Crippen molar-refractivity contribution in [1.29, 1.82) is 0 Å². The molecule has 0 N–H and O–H groups in total. The third kappa shape index (κ3) is 10.3. The molecule has 3 heterocycles. The van der Waals surface area contributed by atoms with E-state index in [1.54, 1.807) is 36.0 Å². The fourth-order valence-electron chi connectivity index (χ4n) is 9.87. The molecule has 77 heavy (non-hydrogen) atoms. The van der Waals surface area contributed by atoms with Gasteiger partial charge in [-0.2, -0.15) is 12.1 Å². The van der Waals surface area contributed by atoms with E-state index in [1.807, 2.05) is 98.5 Å². The van der Waals surface area contributed by atoms with Gasteiger partial charge >= 0.3 is 0 Å². The van der Waals surface area contributed by atoms with Gasteiger partial charge in [-0.05, 0) is 85.7 Å². The van der Waals surface area contributed by atoms with Crippen LogP contribution in [-0.2, 0) is 42.7 Å². The van der Waals surface area contributed by atoms with Crippen molar-refractivity contribution in [2.45, 2.75) is 105 Å². The van der Waals surface area contributed by atoms with E-state index in [9.17, 15) is 5.48 Å². The summed E-state index contributed by atoms with van der Waals surface area (Å²) < 4.78 is 105. The zero-order valence-electron chi connectivity index (χ0n) is 55.5.